The Kier molecular flexibility index (Phi) is 7.08. The predicted octanol–water partition coefficient (Wildman–Crippen LogP) is -0.0606. The Morgan fingerprint density at radius 3 is 1.89 bits per heavy atom. The summed E-state index contributed by atoms with van der Waals surface area (Å²) < 4.78 is 0. The molecule has 2 saturated heterocycles. The third kappa shape index (κ3) is 5.38. The highest BCUT2D eigenvalue weighted by atomic mass is 32.2. The standard InChI is InChI=1S/C24H33N3S/c1-28-24-9-7-22(8-10-24)20-25-13-11-23(12-14-25)27-17-15-26(16-18-27)19-21-5-3-2-4-6-21/h2-10,23H,11-20H2,1H3/p+3. The molecule has 0 bridgehead atoms. The number of quaternary nitrogens is 3. The van der Waals surface area contributed by atoms with Crippen LogP contribution >= 0.6 is 11.8 Å². The van der Waals surface area contributed by atoms with Gasteiger partial charge in [-0.25, -0.2) is 0 Å². The van der Waals surface area contributed by atoms with Crippen LogP contribution in [0.2, 0.25) is 0 Å². The van der Waals surface area contributed by atoms with Crippen LogP contribution in [0.25, 0.3) is 0 Å². The molecule has 2 heterocycles. The Morgan fingerprint density at radius 2 is 1.29 bits per heavy atom. The van der Waals surface area contributed by atoms with Crippen molar-refractivity contribution in [3.63, 3.8) is 0 Å². The van der Waals surface area contributed by atoms with Crippen LogP contribution in [0.15, 0.2) is 59.5 Å². The van der Waals surface area contributed by atoms with Gasteiger partial charge in [0.05, 0.1) is 19.1 Å². The fraction of sp³-hybridized carbons (Fsp3) is 0.500. The van der Waals surface area contributed by atoms with E-state index in [1.165, 1.54) is 81.2 Å². The first-order chi connectivity index (χ1) is 13.8. The smallest absolute Gasteiger partial charge is 0.127 e. The van der Waals surface area contributed by atoms with Crippen molar-refractivity contribution in [1.82, 2.24) is 0 Å². The summed E-state index contributed by atoms with van der Waals surface area (Å²) in [4.78, 5) is 6.81. The lowest BCUT2D eigenvalue weighted by Gasteiger charge is -2.37. The predicted molar refractivity (Wildman–Crippen MR) is 117 cm³/mol. The van der Waals surface area contributed by atoms with Gasteiger partial charge in [0.25, 0.3) is 0 Å². The van der Waals surface area contributed by atoms with Crippen molar-refractivity contribution >= 4 is 11.8 Å². The minimum absolute atomic E-state index is 0.904. The van der Waals surface area contributed by atoms with Gasteiger partial charge in [0.2, 0.25) is 0 Å². The Morgan fingerprint density at radius 1 is 0.714 bits per heavy atom. The number of piperidine rings is 1. The van der Waals surface area contributed by atoms with E-state index in [0.717, 1.165) is 6.04 Å². The maximum atomic E-state index is 2.32. The lowest BCUT2D eigenvalue weighted by Crippen LogP contribution is -3.30. The van der Waals surface area contributed by atoms with Crippen molar-refractivity contribution in [1.29, 1.82) is 0 Å². The van der Waals surface area contributed by atoms with E-state index >= 15 is 0 Å². The van der Waals surface area contributed by atoms with Crippen molar-refractivity contribution < 1.29 is 14.7 Å². The number of likely N-dealkylation sites (tertiary alicyclic amines) is 1. The van der Waals surface area contributed by atoms with Gasteiger partial charge in [-0.3, -0.25) is 0 Å². The van der Waals surface area contributed by atoms with Crippen LogP contribution in [0.5, 0.6) is 0 Å². The van der Waals surface area contributed by atoms with Gasteiger partial charge in [-0.2, -0.15) is 0 Å². The second-order valence-electron chi connectivity index (χ2n) is 8.62. The molecule has 2 aromatic carbocycles. The van der Waals surface area contributed by atoms with Gasteiger partial charge in [-0.05, 0) is 18.4 Å². The highest BCUT2D eigenvalue weighted by Gasteiger charge is 2.33. The summed E-state index contributed by atoms with van der Waals surface area (Å²) in [5.41, 5.74) is 2.99. The molecule has 28 heavy (non-hydrogen) atoms. The van der Waals surface area contributed by atoms with Gasteiger partial charge in [0.1, 0.15) is 39.3 Å². The van der Waals surface area contributed by atoms with Crippen LogP contribution in [-0.2, 0) is 13.1 Å². The van der Waals surface area contributed by atoms with Crippen molar-refractivity contribution in [2.45, 2.75) is 36.9 Å². The molecule has 0 aromatic heterocycles. The van der Waals surface area contributed by atoms with E-state index in [1.807, 2.05) is 16.7 Å². The fourth-order valence-corrected chi connectivity index (χ4v) is 5.45. The Bertz CT molecular complexity index is 702. The number of piperazine rings is 1. The lowest BCUT2D eigenvalue weighted by atomic mass is 10.0. The normalized spacial score (nSPS) is 28.2. The summed E-state index contributed by atoms with van der Waals surface area (Å²) in [5.74, 6) is 0. The van der Waals surface area contributed by atoms with E-state index in [0.29, 0.717) is 0 Å². The van der Waals surface area contributed by atoms with Gasteiger partial charge in [0, 0.05) is 28.9 Å². The van der Waals surface area contributed by atoms with Gasteiger partial charge in [0.15, 0.2) is 0 Å². The molecule has 4 heteroatoms. The van der Waals surface area contributed by atoms with E-state index in [-0.39, 0.29) is 0 Å². The SMILES string of the molecule is CSc1ccc(C[NH+]2CCC([NH+]3CC[NH+](Cc4ccccc4)CC3)CC2)cc1. The molecule has 2 fully saturated rings. The molecule has 3 N–H and O–H groups in total. The maximum Gasteiger partial charge on any atom is 0.127 e. The van der Waals surface area contributed by atoms with Gasteiger partial charge >= 0.3 is 0 Å². The Balaban J connectivity index is 1.19. The zero-order chi connectivity index (χ0) is 19.2. The van der Waals surface area contributed by atoms with E-state index in [2.05, 4.69) is 60.9 Å². The number of hydrogen-bond acceptors (Lipinski definition) is 1. The average Bonchev–Trinajstić information content (AvgIpc) is 2.76. The van der Waals surface area contributed by atoms with Crippen molar-refractivity contribution in [2.24, 2.45) is 0 Å². The van der Waals surface area contributed by atoms with Crippen LogP contribution in [0.1, 0.15) is 24.0 Å². The first kappa shape index (κ1) is 20.0. The minimum Gasteiger partial charge on any atom is -0.331 e. The summed E-state index contributed by atoms with van der Waals surface area (Å²) in [6.45, 7) is 10.5. The molecule has 3 nitrogen and oxygen atoms in total. The zero-order valence-corrected chi connectivity index (χ0v) is 18.1. The molecule has 2 aliphatic heterocycles. The number of rotatable bonds is 6. The lowest BCUT2D eigenvalue weighted by molar-refractivity contribution is -1.04. The highest BCUT2D eigenvalue weighted by molar-refractivity contribution is 7.98. The fourth-order valence-electron chi connectivity index (χ4n) is 5.04. The van der Waals surface area contributed by atoms with E-state index in [4.69, 9.17) is 0 Å². The molecule has 0 spiro atoms. The quantitative estimate of drug-likeness (QED) is 0.580. The van der Waals surface area contributed by atoms with Crippen LogP contribution < -0.4 is 14.7 Å². The van der Waals surface area contributed by atoms with Gasteiger partial charge in [-0.15, -0.1) is 11.8 Å². The molecule has 0 amide bonds. The number of hydrogen-bond donors (Lipinski definition) is 3. The molecule has 0 atom stereocenters. The summed E-state index contributed by atoms with van der Waals surface area (Å²) in [6.07, 6.45) is 4.96. The molecule has 0 aliphatic carbocycles. The number of thioether (sulfide) groups is 1. The Hall–Kier alpha value is -1.33. The van der Waals surface area contributed by atoms with Gasteiger partial charge < -0.3 is 14.7 Å². The summed E-state index contributed by atoms with van der Waals surface area (Å²) >= 11 is 1.83. The number of nitrogens with one attached hydrogen (secondary N) is 3. The monoisotopic (exact) mass is 398 g/mol. The van der Waals surface area contributed by atoms with Crippen LogP contribution in [0.4, 0.5) is 0 Å². The molecule has 0 radical (unpaired) electrons. The van der Waals surface area contributed by atoms with Crippen molar-refractivity contribution in [3.8, 4) is 0 Å². The van der Waals surface area contributed by atoms with Crippen LogP contribution in [0.3, 0.4) is 0 Å². The topological polar surface area (TPSA) is 13.3 Å². The molecule has 0 unspecified atom stereocenters. The van der Waals surface area contributed by atoms with E-state index in [9.17, 15) is 0 Å². The van der Waals surface area contributed by atoms with Crippen molar-refractivity contribution in [2.75, 3.05) is 45.5 Å². The Labute approximate surface area is 174 Å². The number of benzene rings is 2. The second kappa shape index (κ2) is 9.93. The second-order valence-corrected chi connectivity index (χ2v) is 9.50. The summed E-state index contributed by atoms with van der Waals surface area (Å²) in [6, 6.07) is 21.1. The average molecular weight is 399 g/mol. The molecule has 0 saturated carbocycles. The maximum absolute atomic E-state index is 2.32. The van der Waals surface area contributed by atoms with E-state index in [1.54, 1.807) is 9.80 Å². The van der Waals surface area contributed by atoms with Crippen molar-refractivity contribution in [3.05, 3.63) is 65.7 Å². The third-order valence-corrected chi connectivity index (χ3v) is 7.52. The molecule has 150 valence electrons. The molecular formula is C24H36N3S+3. The summed E-state index contributed by atoms with van der Waals surface area (Å²) in [7, 11) is 0. The van der Waals surface area contributed by atoms with Gasteiger partial charge in [-0.1, -0.05) is 42.5 Å². The first-order valence-corrected chi connectivity index (χ1v) is 12.2. The van der Waals surface area contributed by atoms with Crippen LogP contribution in [0, 0.1) is 0 Å². The van der Waals surface area contributed by atoms with Crippen LogP contribution in [-0.4, -0.2) is 51.6 Å². The summed E-state index contributed by atoms with van der Waals surface area (Å²) in [5, 5.41) is 0. The molecular weight excluding hydrogens is 362 g/mol. The highest BCUT2D eigenvalue weighted by Crippen LogP contribution is 2.14. The largest absolute Gasteiger partial charge is 0.331 e. The first-order valence-electron chi connectivity index (χ1n) is 11.0. The third-order valence-electron chi connectivity index (χ3n) is 6.78. The van der Waals surface area contributed by atoms with E-state index < -0.39 is 0 Å². The minimum atomic E-state index is 0.904. The molecule has 4 rings (SSSR count). The zero-order valence-electron chi connectivity index (χ0n) is 17.3. The molecule has 2 aliphatic rings. The molecule has 2 aromatic rings.